The third-order valence-electron chi connectivity index (χ3n) is 3.10. The van der Waals surface area contributed by atoms with Crippen LogP contribution >= 0.6 is 0 Å². The lowest BCUT2D eigenvalue weighted by Gasteiger charge is -2.05. The van der Waals surface area contributed by atoms with Crippen molar-refractivity contribution in [3.8, 4) is 0 Å². The van der Waals surface area contributed by atoms with Crippen LogP contribution in [0, 0.1) is 12.7 Å². The average molecular weight is 284 g/mol. The predicted molar refractivity (Wildman–Crippen MR) is 76.3 cm³/mol. The SMILES string of the molecule is Cc1nc2cc(CNC(=O)c3cccc(F)c3)ccc2o1. The van der Waals surface area contributed by atoms with Crippen LogP contribution in [0.25, 0.3) is 11.1 Å². The third kappa shape index (κ3) is 2.91. The van der Waals surface area contributed by atoms with Crippen LogP contribution in [0.4, 0.5) is 4.39 Å². The Labute approximate surface area is 120 Å². The van der Waals surface area contributed by atoms with E-state index in [0.29, 0.717) is 23.6 Å². The van der Waals surface area contributed by atoms with Crippen LogP contribution < -0.4 is 5.32 Å². The standard InChI is InChI=1S/C16H13FN2O2/c1-10-19-14-7-11(5-6-15(14)21-10)9-18-16(20)12-3-2-4-13(17)8-12/h2-8H,9H2,1H3,(H,18,20). The summed E-state index contributed by atoms with van der Waals surface area (Å²) in [6.07, 6.45) is 0. The quantitative estimate of drug-likeness (QED) is 0.803. The summed E-state index contributed by atoms with van der Waals surface area (Å²) in [7, 11) is 0. The van der Waals surface area contributed by atoms with E-state index in [-0.39, 0.29) is 5.91 Å². The van der Waals surface area contributed by atoms with Crippen molar-refractivity contribution in [2.75, 3.05) is 0 Å². The summed E-state index contributed by atoms with van der Waals surface area (Å²) in [4.78, 5) is 16.2. The van der Waals surface area contributed by atoms with E-state index < -0.39 is 5.82 Å². The molecule has 4 nitrogen and oxygen atoms in total. The van der Waals surface area contributed by atoms with Crippen molar-refractivity contribution in [1.82, 2.24) is 10.3 Å². The number of hydrogen-bond acceptors (Lipinski definition) is 3. The molecule has 0 bridgehead atoms. The van der Waals surface area contributed by atoms with Gasteiger partial charge in [0, 0.05) is 19.0 Å². The fourth-order valence-corrected chi connectivity index (χ4v) is 2.11. The molecule has 0 radical (unpaired) electrons. The average Bonchev–Trinajstić information content (AvgIpc) is 2.84. The van der Waals surface area contributed by atoms with Crippen molar-refractivity contribution in [3.05, 3.63) is 65.3 Å². The molecule has 3 rings (SSSR count). The number of carbonyl (C=O) groups is 1. The van der Waals surface area contributed by atoms with Crippen LogP contribution in [0.1, 0.15) is 21.8 Å². The van der Waals surface area contributed by atoms with Gasteiger partial charge in [-0.05, 0) is 35.9 Å². The van der Waals surface area contributed by atoms with Crippen molar-refractivity contribution in [2.45, 2.75) is 13.5 Å². The summed E-state index contributed by atoms with van der Waals surface area (Å²) < 4.78 is 18.5. The summed E-state index contributed by atoms with van der Waals surface area (Å²) in [5.74, 6) is -0.140. The van der Waals surface area contributed by atoms with E-state index in [4.69, 9.17) is 4.42 Å². The van der Waals surface area contributed by atoms with Gasteiger partial charge in [0.05, 0.1) is 0 Å². The molecular weight excluding hydrogens is 271 g/mol. The monoisotopic (exact) mass is 284 g/mol. The molecule has 0 saturated carbocycles. The second-order valence-corrected chi connectivity index (χ2v) is 4.73. The minimum atomic E-state index is -0.429. The van der Waals surface area contributed by atoms with Crippen molar-refractivity contribution < 1.29 is 13.6 Å². The fraction of sp³-hybridized carbons (Fsp3) is 0.125. The lowest BCUT2D eigenvalue weighted by molar-refractivity contribution is 0.0950. The normalized spacial score (nSPS) is 10.8. The van der Waals surface area contributed by atoms with Crippen LogP contribution in [0.5, 0.6) is 0 Å². The summed E-state index contributed by atoms with van der Waals surface area (Å²) in [5.41, 5.74) is 2.67. The molecule has 0 aliphatic rings. The Morgan fingerprint density at radius 1 is 1.29 bits per heavy atom. The van der Waals surface area contributed by atoms with E-state index in [0.717, 1.165) is 11.1 Å². The number of oxazole rings is 1. The Balaban J connectivity index is 1.72. The number of rotatable bonds is 3. The van der Waals surface area contributed by atoms with Crippen molar-refractivity contribution in [1.29, 1.82) is 0 Å². The molecule has 0 unspecified atom stereocenters. The first-order valence-corrected chi connectivity index (χ1v) is 6.52. The molecule has 1 aromatic heterocycles. The van der Waals surface area contributed by atoms with Gasteiger partial charge >= 0.3 is 0 Å². The maximum atomic E-state index is 13.1. The van der Waals surface area contributed by atoms with Crippen molar-refractivity contribution >= 4 is 17.0 Å². The van der Waals surface area contributed by atoms with Gasteiger partial charge in [-0.3, -0.25) is 4.79 Å². The number of hydrogen-bond donors (Lipinski definition) is 1. The highest BCUT2D eigenvalue weighted by Crippen LogP contribution is 2.16. The fourth-order valence-electron chi connectivity index (χ4n) is 2.11. The lowest BCUT2D eigenvalue weighted by atomic mass is 10.2. The molecule has 1 heterocycles. The first-order valence-electron chi connectivity index (χ1n) is 6.52. The summed E-state index contributed by atoms with van der Waals surface area (Å²) in [6, 6.07) is 11.1. The highest BCUT2D eigenvalue weighted by Gasteiger charge is 2.07. The van der Waals surface area contributed by atoms with Gasteiger partial charge in [0.25, 0.3) is 5.91 Å². The zero-order chi connectivity index (χ0) is 14.8. The molecule has 0 atom stereocenters. The molecule has 5 heteroatoms. The maximum absolute atomic E-state index is 13.1. The van der Waals surface area contributed by atoms with Gasteiger partial charge in [-0.15, -0.1) is 0 Å². The molecule has 0 fully saturated rings. The van der Waals surface area contributed by atoms with Gasteiger partial charge in [0.1, 0.15) is 11.3 Å². The van der Waals surface area contributed by atoms with Crippen LogP contribution in [0.15, 0.2) is 46.9 Å². The summed E-state index contributed by atoms with van der Waals surface area (Å²) in [6.45, 7) is 2.13. The van der Waals surface area contributed by atoms with Crippen LogP contribution in [0.2, 0.25) is 0 Å². The van der Waals surface area contributed by atoms with E-state index >= 15 is 0 Å². The van der Waals surface area contributed by atoms with Crippen LogP contribution in [0.3, 0.4) is 0 Å². The summed E-state index contributed by atoms with van der Waals surface area (Å²) >= 11 is 0. The number of nitrogens with zero attached hydrogens (tertiary/aromatic N) is 1. The molecule has 1 N–H and O–H groups in total. The predicted octanol–water partition coefficient (Wildman–Crippen LogP) is 3.21. The van der Waals surface area contributed by atoms with Crippen LogP contribution in [-0.2, 0) is 6.54 Å². The Morgan fingerprint density at radius 3 is 2.95 bits per heavy atom. The largest absolute Gasteiger partial charge is 0.441 e. The number of halogens is 1. The highest BCUT2D eigenvalue weighted by molar-refractivity contribution is 5.94. The highest BCUT2D eigenvalue weighted by atomic mass is 19.1. The molecular formula is C16H13FN2O2. The smallest absolute Gasteiger partial charge is 0.251 e. The van der Waals surface area contributed by atoms with Gasteiger partial charge in [-0.1, -0.05) is 12.1 Å². The Kier molecular flexibility index (Phi) is 3.39. The van der Waals surface area contributed by atoms with Gasteiger partial charge in [0.15, 0.2) is 11.5 Å². The zero-order valence-corrected chi connectivity index (χ0v) is 11.4. The van der Waals surface area contributed by atoms with E-state index in [9.17, 15) is 9.18 Å². The van der Waals surface area contributed by atoms with Crippen LogP contribution in [-0.4, -0.2) is 10.9 Å². The second kappa shape index (κ2) is 5.36. The minimum Gasteiger partial charge on any atom is -0.441 e. The number of aryl methyl sites for hydroxylation is 1. The maximum Gasteiger partial charge on any atom is 0.251 e. The number of aromatic nitrogens is 1. The first kappa shape index (κ1) is 13.3. The summed E-state index contributed by atoms with van der Waals surface area (Å²) in [5, 5.41) is 2.75. The minimum absolute atomic E-state index is 0.299. The molecule has 0 saturated heterocycles. The van der Waals surface area contributed by atoms with Gasteiger partial charge in [0.2, 0.25) is 0 Å². The Hall–Kier alpha value is -2.69. The molecule has 1 amide bonds. The topological polar surface area (TPSA) is 55.1 Å². The number of nitrogens with one attached hydrogen (secondary N) is 1. The third-order valence-corrected chi connectivity index (χ3v) is 3.10. The van der Waals surface area contributed by atoms with E-state index in [1.807, 2.05) is 18.2 Å². The number of amides is 1. The molecule has 0 aliphatic heterocycles. The Morgan fingerprint density at radius 2 is 2.14 bits per heavy atom. The molecule has 0 spiro atoms. The molecule has 2 aromatic carbocycles. The number of carbonyl (C=O) groups excluding carboxylic acids is 1. The first-order chi connectivity index (χ1) is 10.1. The zero-order valence-electron chi connectivity index (χ0n) is 11.4. The lowest BCUT2D eigenvalue weighted by Crippen LogP contribution is -2.22. The molecule has 0 aliphatic carbocycles. The van der Waals surface area contributed by atoms with Gasteiger partial charge in [-0.2, -0.15) is 0 Å². The van der Waals surface area contributed by atoms with E-state index in [1.54, 1.807) is 13.0 Å². The molecule has 21 heavy (non-hydrogen) atoms. The number of fused-ring (bicyclic) bond motifs is 1. The van der Waals surface area contributed by atoms with Gasteiger partial charge < -0.3 is 9.73 Å². The second-order valence-electron chi connectivity index (χ2n) is 4.73. The molecule has 106 valence electrons. The van der Waals surface area contributed by atoms with E-state index in [1.165, 1.54) is 18.2 Å². The van der Waals surface area contributed by atoms with Crippen molar-refractivity contribution in [3.63, 3.8) is 0 Å². The van der Waals surface area contributed by atoms with E-state index in [2.05, 4.69) is 10.3 Å². The van der Waals surface area contributed by atoms with Crippen molar-refractivity contribution in [2.24, 2.45) is 0 Å². The molecule has 3 aromatic rings. The number of benzene rings is 2. The Bertz CT molecular complexity index is 811. The van der Waals surface area contributed by atoms with Gasteiger partial charge in [-0.25, -0.2) is 9.37 Å².